The molecule has 2 heteroatoms. The fourth-order valence-electron chi connectivity index (χ4n) is 2.00. The molecule has 1 aromatic carbocycles. The maximum absolute atomic E-state index is 5.43. The van der Waals surface area contributed by atoms with Crippen LogP contribution in [0.5, 0.6) is 5.75 Å². The molecule has 0 amide bonds. The highest BCUT2D eigenvalue weighted by Gasteiger charge is 2.39. The molecule has 0 N–H and O–H groups in total. The van der Waals surface area contributed by atoms with Crippen LogP contribution in [-0.2, 0) is 11.2 Å². The quantitative estimate of drug-likeness (QED) is 0.727. The number of hydrogen-bond donors (Lipinski definition) is 0. The fourth-order valence-corrected chi connectivity index (χ4v) is 2.00. The van der Waals surface area contributed by atoms with Crippen molar-refractivity contribution < 1.29 is 9.47 Å². The average Bonchev–Trinajstić information content (AvgIpc) is 2.96. The molecular weight excluding hydrogens is 200 g/mol. The van der Waals surface area contributed by atoms with E-state index in [4.69, 9.17) is 9.47 Å². The van der Waals surface area contributed by atoms with Crippen LogP contribution in [0, 0.1) is 0 Å². The molecule has 0 aliphatic carbocycles. The van der Waals surface area contributed by atoms with Crippen LogP contribution in [0.15, 0.2) is 18.2 Å². The van der Waals surface area contributed by atoms with Gasteiger partial charge in [-0.05, 0) is 30.0 Å². The third-order valence-electron chi connectivity index (χ3n) is 3.13. The average molecular weight is 220 g/mol. The minimum Gasteiger partial charge on any atom is -0.496 e. The van der Waals surface area contributed by atoms with Crippen LogP contribution in [0.2, 0.25) is 0 Å². The van der Waals surface area contributed by atoms with Crippen molar-refractivity contribution in [2.75, 3.05) is 13.7 Å². The molecule has 1 aliphatic rings. The smallest absolute Gasteiger partial charge is 0.122 e. The van der Waals surface area contributed by atoms with Crippen LogP contribution >= 0.6 is 0 Å². The standard InChI is InChI=1S/C14H20O2/c1-10(2)12-7-11(5-6-13(12)15-4)8-14(3)9-16-14/h5-7,10H,8-9H2,1-4H3. The van der Waals surface area contributed by atoms with E-state index in [1.165, 1.54) is 11.1 Å². The summed E-state index contributed by atoms with van der Waals surface area (Å²) in [6.07, 6.45) is 0.997. The predicted molar refractivity (Wildman–Crippen MR) is 65.1 cm³/mol. The van der Waals surface area contributed by atoms with Crippen LogP contribution in [0.25, 0.3) is 0 Å². The summed E-state index contributed by atoms with van der Waals surface area (Å²) in [5, 5.41) is 0. The summed E-state index contributed by atoms with van der Waals surface area (Å²) in [5.41, 5.74) is 2.71. The van der Waals surface area contributed by atoms with Gasteiger partial charge in [0.2, 0.25) is 0 Å². The molecule has 0 radical (unpaired) electrons. The first-order chi connectivity index (χ1) is 7.54. The Labute approximate surface area is 97.6 Å². The number of hydrogen-bond acceptors (Lipinski definition) is 2. The maximum Gasteiger partial charge on any atom is 0.122 e. The first-order valence-corrected chi connectivity index (χ1v) is 5.85. The van der Waals surface area contributed by atoms with E-state index in [1.807, 2.05) is 0 Å². The van der Waals surface area contributed by atoms with Gasteiger partial charge < -0.3 is 9.47 Å². The van der Waals surface area contributed by atoms with Crippen LogP contribution in [0.1, 0.15) is 37.8 Å². The van der Waals surface area contributed by atoms with Crippen molar-refractivity contribution in [3.8, 4) is 5.75 Å². The van der Waals surface area contributed by atoms with Gasteiger partial charge in [0.15, 0.2) is 0 Å². The van der Waals surface area contributed by atoms with Gasteiger partial charge in [-0.1, -0.05) is 26.0 Å². The number of ether oxygens (including phenoxy) is 2. The zero-order valence-electron chi connectivity index (χ0n) is 10.5. The van der Waals surface area contributed by atoms with E-state index in [0.717, 1.165) is 18.8 Å². The molecule has 2 rings (SSSR count). The van der Waals surface area contributed by atoms with Crippen molar-refractivity contribution in [1.29, 1.82) is 0 Å². The second kappa shape index (κ2) is 4.10. The molecule has 0 spiro atoms. The molecule has 2 nitrogen and oxygen atoms in total. The molecule has 1 aromatic rings. The highest BCUT2D eigenvalue weighted by molar-refractivity contribution is 5.40. The molecule has 1 saturated heterocycles. The van der Waals surface area contributed by atoms with Gasteiger partial charge in [0.25, 0.3) is 0 Å². The summed E-state index contributed by atoms with van der Waals surface area (Å²) in [5.74, 6) is 1.48. The molecule has 88 valence electrons. The van der Waals surface area contributed by atoms with E-state index in [-0.39, 0.29) is 5.60 Å². The van der Waals surface area contributed by atoms with E-state index in [1.54, 1.807) is 7.11 Å². The van der Waals surface area contributed by atoms with Crippen molar-refractivity contribution in [1.82, 2.24) is 0 Å². The van der Waals surface area contributed by atoms with Gasteiger partial charge >= 0.3 is 0 Å². The molecule has 1 fully saturated rings. The zero-order chi connectivity index (χ0) is 11.8. The summed E-state index contributed by atoms with van der Waals surface area (Å²) < 4.78 is 10.8. The Morgan fingerprint density at radius 2 is 2.12 bits per heavy atom. The molecule has 0 aromatic heterocycles. The van der Waals surface area contributed by atoms with Gasteiger partial charge in [0.05, 0.1) is 19.3 Å². The Kier molecular flexibility index (Phi) is 2.94. The summed E-state index contributed by atoms with van der Waals surface area (Å²) in [6, 6.07) is 6.45. The lowest BCUT2D eigenvalue weighted by atomic mass is 9.95. The van der Waals surface area contributed by atoms with Crippen molar-refractivity contribution in [2.24, 2.45) is 0 Å². The molecule has 1 atom stereocenters. The molecule has 1 unspecified atom stereocenters. The minimum atomic E-state index is 0.0861. The molecule has 16 heavy (non-hydrogen) atoms. The molecular formula is C14H20O2. The molecule has 1 aliphatic heterocycles. The predicted octanol–water partition coefficient (Wildman–Crippen LogP) is 3.15. The Bertz CT molecular complexity index is 378. The van der Waals surface area contributed by atoms with Crippen molar-refractivity contribution in [3.63, 3.8) is 0 Å². The van der Waals surface area contributed by atoms with E-state index in [0.29, 0.717) is 5.92 Å². The zero-order valence-corrected chi connectivity index (χ0v) is 10.5. The van der Waals surface area contributed by atoms with E-state index < -0.39 is 0 Å². The van der Waals surface area contributed by atoms with Gasteiger partial charge in [-0.2, -0.15) is 0 Å². The summed E-state index contributed by atoms with van der Waals surface area (Å²) >= 11 is 0. The minimum absolute atomic E-state index is 0.0861. The normalized spacial score (nSPS) is 23.6. The molecule has 0 saturated carbocycles. The molecule has 1 heterocycles. The second-order valence-corrected chi connectivity index (χ2v) is 5.15. The maximum atomic E-state index is 5.43. The van der Waals surface area contributed by atoms with Crippen LogP contribution in [-0.4, -0.2) is 19.3 Å². The lowest BCUT2D eigenvalue weighted by molar-refractivity contribution is 0.322. The van der Waals surface area contributed by atoms with Crippen molar-refractivity contribution in [2.45, 2.75) is 38.7 Å². The van der Waals surface area contributed by atoms with E-state index >= 15 is 0 Å². The van der Waals surface area contributed by atoms with Crippen LogP contribution < -0.4 is 4.74 Å². The molecule has 0 bridgehead atoms. The Morgan fingerprint density at radius 1 is 1.44 bits per heavy atom. The number of benzene rings is 1. The summed E-state index contributed by atoms with van der Waals surface area (Å²) in [7, 11) is 1.73. The topological polar surface area (TPSA) is 21.8 Å². The van der Waals surface area contributed by atoms with Gasteiger partial charge in [0, 0.05) is 6.42 Å². The third kappa shape index (κ3) is 2.38. The first-order valence-electron chi connectivity index (χ1n) is 5.85. The van der Waals surface area contributed by atoms with Gasteiger partial charge in [-0.25, -0.2) is 0 Å². The lowest BCUT2D eigenvalue weighted by Gasteiger charge is -2.14. The number of epoxide rings is 1. The largest absolute Gasteiger partial charge is 0.496 e. The fraction of sp³-hybridized carbons (Fsp3) is 0.571. The summed E-state index contributed by atoms with van der Waals surface area (Å²) in [4.78, 5) is 0. The van der Waals surface area contributed by atoms with E-state index in [2.05, 4.69) is 39.0 Å². The van der Waals surface area contributed by atoms with E-state index in [9.17, 15) is 0 Å². The van der Waals surface area contributed by atoms with Gasteiger partial charge in [-0.15, -0.1) is 0 Å². The lowest BCUT2D eigenvalue weighted by Crippen LogP contribution is -2.09. The highest BCUT2D eigenvalue weighted by atomic mass is 16.6. The monoisotopic (exact) mass is 220 g/mol. The third-order valence-corrected chi connectivity index (χ3v) is 3.13. The van der Waals surface area contributed by atoms with Crippen LogP contribution in [0.4, 0.5) is 0 Å². The first kappa shape index (κ1) is 11.5. The Balaban J connectivity index is 2.24. The highest BCUT2D eigenvalue weighted by Crippen LogP contribution is 2.33. The van der Waals surface area contributed by atoms with Gasteiger partial charge in [0.1, 0.15) is 5.75 Å². The van der Waals surface area contributed by atoms with Crippen LogP contribution in [0.3, 0.4) is 0 Å². The van der Waals surface area contributed by atoms with Crippen molar-refractivity contribution >= 4 is 0 Å². The number of rotatable bonds is 4. The number of methoxy groups -OCH3 is 1. The SMILES string of the molecule is COc1ccc(CC2(C)CO2)cc1C(C)C. The Morgan fingerprint density at radius 3 is 2.62 bits per heavy atom. The van der Waals surface area contributed by atoms with Gasteiger partial charge in [-0.3, -0.25) is 0 Å². The van der Waals surface area contributed by atoms with Crippen molar-refractivity contribution in [3.05, 3.63) is 29.3 Å². The second-order valence-electron chi connectivity index (χ2n) is 5.15. The summed E-state index contributed by atoms with van der Waals surface area (Å²) in [6.45, 7) is 7.43. The Hall–Kier alpha value is -1.02.